The summed E-state index contributed by atoms with van der Waals surface area (Å²) in [5.74, 6) is 0.831. The minimum absolute atomic E-state index is 0. The smallest absolute Gasteiger partial charge is 0.221 e. The van der Waals surface area contributed by atoms with Crippen LogP contribution in [-0.2, 0) is 4.79 Å². The van der Waals surface area contributed by atoms with Gasteiger partial charge in [-0.3, -0.25) is 4.79 Å². The van der Waals surface area contributed by atoms with Crippen molar-refractivity contribution in [2.45, 2.75) is 52.0 Å². The van der Waals surface area contributed by atoms with E-state index in [-0.39, 0.29) is 30.7 Å². The molecule has 0 heterocycles. The number of carbonyl (C=O) groups is 1. The summed E-state index contributed by atoms with van der Waals surface area (Å²) in [6, 6.07) is 0.388. The average molecular weight is 342 g/mol. The molecular weight excluding hydrogens is 309 g/mol. The largest absolute Gasteiger partial charge is 0.353 e. The molecule has 1 saturated carbocycles. The average Bonchev–Trinajstić information content (AvgIpc) is 2.44. The molecule has 1 aliphatic carbocycles. The summed E-state index contributed by atoms with van der Waals surface area (Å²) in [5, 5.41) is 6.28. The lowest BCUT2D eigenvalue weighted by Crippen LogP contribution is -2.46. The molecule has 1 amide bonds. The number of rotatable bonds is 8. The number of hydrogen-bond donors (Lipinski definition) is 2. The first-order valence-electron chi connectivity index (χ1n) is 7.87. The Labute approximate surface area is 142 Å². The van der Waals surface area contributed by atoms with Gasteiger partial charge in [0.05, 0.1) is 0 Å². The van der Waals surface area contributed by atoms with Gasteiger partial charge in [-0.15, -0.1) is 24.8 Å². The van der Waals surface area contributed by atoms with Gasteiger partial charge in [-0.25, -0.2) is 0 Å². The third kappa shape index (κ3) is 8.87. The fourth-order valence-electron chi connectivity index (χ4n) is 2.95. The molecule has 0 aromatic carbocycles. The summed E-state index contributed by atoms with van der Waals surface area (Å²) >= 11 is 0. The van der Waals surface area contributed by atoms with Crippen LogP contribution in [0, 0.1) is 5.92 Å². The van der Waals surface area contributed by atoms with Crippen LogP contribution in [0.2, 0.25) is 0 Å². The van der Waals surface area contributed by atoms with Gasteiger partial charge in [0.2, 0.25) is 5.91 Å². The Balaban J connectivity index is 0. The van der Waals surface area contributed by atoms with Crippen LogP contribution in [0.3, 0.4) is 0 Å². The zero-order chi connectivity index (χ0) is 14.1. The third-order valence-electron chi connectivity index (χ3n) is 4.24. The highest BCUT2D eigenvalue weighted by atomic mass is 35.5. The van der Waals surface area contributed by atoms with Crippen molar-refractivity contribution < 1.29 is 4.79 Å². The van der Waals surface area contributed by atoms with Gasteiger partial charge in [0.25, 0.3) is 0 Å². The second kappa shape index (κ2) is 13.6. The minimum Gasteiger partial charge on any atom is -0.353 e. The second-order valence-corrected chi connectivity index (χ2v) is 5.56. The molecule has 0 saturated heterocycles. The van der Waals surface area contributed by atoms with Crippen LogP contribution >= 0.6 is 24.8 Å². The van der Waals surface area contributed by atoms with Gasteiger partial charge in [0.1, 0.15) is 0 Å². The Hall–Kier alpha value is -0.0300. The summed E-state index contributed by atoms with van der Waals surface area (Å²) in [7, 11) is 1.89. The van der Waals surface area contributed by atoms with E-state index < -0.39 is 0 Å². The molecule has 1 fully saturated rings. The molecule has 21 heavy (non-hydrogen) atoms. The highest BCUT2D eigenvalue weighted by Crippen LogP contribution is 2.25. The van der Waals surface area contributed by atoms with Crippen LogP contribution in [0.25, 0.3) is 0 Å². The fraction of sp³-hybridized carbons (Fsp3) is 0.933. The first-order valence-corrected chi connectivity index (χ1v) is 7.87. The molecule has 2 unspecified atom stereocenters. The molecule has 0 bridgehead atoms. The van der Waals surface area contributed by atoms with E-state index in [1.54, 1.807) is 0 Å². The number of hydrogen-bond acceptors (Lipinski definition) is 3. The van der Waals surface area contributed by atoms with Gasteiger partial charge in [-0.2, -0.15) is 0 Å². The minimum atomic E-state index is 0. The zero-order valence-corrected chi connectivity index (χ0v) is 15.3. The topological polar surface area (TPSA) is 44.4 Å². The normalized spacial score (nSPS) is 21.3. The molecule has 0 aromatic heterocycles. The Morgan fingerprint density at radius 3 is 2.33 bits per heavy atom. The maximum atomic E-state index is 11.9. The van der Waals surface area contributed by atoms with Crippen LogP contribution < -0.4 is 10.6 Å². The molecule has 0 aliphatic heterocycles. The van der Waals surface area contributed by atoms with E-state index in [1.165, 1.54) is 19.3 Å². The molecule has 6 heteroatoms. The number of nitrogens with one attached hydrogen (secondary N) is 2. The zero-order valence-electron chi connectivity index (χ0n) is 13.7. The van der Waals surface area contributed by atoms with Crippen molar-refractivity contribution in [2.75, 3.05) is 33.2 Å². The van der Waals surface area contributed by atoms with Crippen molar-refractivity contribution in [3.8, 4) is 0 Å². The summed E-state index contributed by atoms with van der Waals surface area (Å²) in [6.45, 7) is 8.53. The summed E-state index contributed by atoms with van der Waals surface area (Å²) < 4.78 is 0. The lowest BCUT2D eigenvalue weighted by Gasteiger charge is -2.35. The monoisotopic (exact) mass is 341 g/mol. The highest BCUT2D eigenvalue weighted by molar-refractivity contribution is 5.85. The quantitative estimate of drug-likeness (QED) is 0.712. The van der Waals surface area contributed by atoms with Crippen molar-refractivity contribution >= 4 is 30.7 Å². The predicted octanol–water partition coefficient (Wildman–Crippen LogP) is 2.46. The molecule has 128 valence electrons. The van der Waals surface area contributed by atoms with Crippen LogP contribution in [0.1, 0.15) is 46.0 Å². The molecule has 2 atom stereocenters. The van der Waals surface area contributed by atoms with E-state index in [4.69, 9.17) is 0 Å². The number of amides is 1. The number of nitrogens with zero attached hydrogens (tertiary/aromatic N) is 1. The molecule has 0 aromatic rings. The standard InChI is InChI=1S/C15H31N3O.2ClH/c1-4-18(5-2)12-13-8-6-7-9-14(13)17-15(19)10-11-16-3;;/h13-14,16H,4-12H2,1-3H3,(H,17,19);2*1H. The maximum absolute atomic E-state index is 11.9. The fourth-order valence-corrected chi connectivity index (χ4v) is 2.95. The molecule has 4 nitrogen and oxygen atoms in total. The Morgan fingerprint density at radius 1 is 1.14 bits per heavy atom. The Morgan fingerprint density at radius 2 is 1.76 bits per heavy atom. The van der Waals surface area contributed by atoms with Crippen molar-refractivity contribution in [1.82, 2.24) is 15.5 Å². The van der Waals surface area contributed by atoms with Crippen molar-refractivity contribution in [1.29, 1.82) is 0 Å². The Bertz CT molecular complexity index is 263. The number of halogens is 2. The maximum Gasteiger partial charge on any atom is 0.221 e. The summed E-state index contributed by atoms with van der Waals surface area (Å²) in [5.41, 5.74) is 0. The van der Waals surface area contributed by atoms with Crippen molar-refractivity contribution in [3.05, 3.63) is 0 Å². The highest BCUT2D eigenvalue weighted by Gasteiger charge is 2.27. The molecule has 1 rings (SSSR count). The third-order valence-corrected chi connectivity index (χ3v) is 4.24. The molecule has 0 spiro atoms. The van der Waals surface area contributed by atoms with E-state index in [9.17, 15) is 4.79 Å². The van der Waals surface area contributed by atoms with E-state index in [0.717, 1.165) is 32.6 Å². The summed E-state index contributed by atoms with van der Waals surface area (Å²) in [4.78, 5) is 14.4. The molecule has 1 aliphatic rings. The van der Waals surface area contributed by atoms with Gasteiger partial charge in [0, 0.05) is 25.6 Å². The Kier molecular flexibility index (Phi) is 15.1. The van der Waals surface area contributed by atoms with Crippen LogP contribution in [0.15, 0.2) is 0 Å². The molecular formula is C15H33Cl2N3O. The molecule has 2 N–H and O–H groups in total. The van der Waals surface area contributed by atoms with Gasteiger partial charge >= 0.3 is 0 Å². The lowest BCUT2D eigenvalue weighted by atomic mass is 9.84. The van der Waals surface area contributed by atoms with E-state index >= 15 is 0 Å². The molecule has 0 radical (unpaired) electrons. The predicted molar refractivity (Wildman–Crippen MR) is 94.7 cm³/mol. The van der Waals surface area contributed by atoms with Gasteiger partial charge < -0.3 is 15.5 Å². The first kappa shape index (κ1) is 23.2. The van der Waals surface area contributed by atoms with Crippen molar-refractivity contribution in [3.63, 3.8) is 0 Å². The lowest BCUT2D eigenvalue weighted by molar-refractivity contribution is -0.122. The van der Waals surface area contributed by atoms with Gasteiger partial charge in [-0.1, -0.05) is 26.7 Å². The van der Waals surface area contributed by atoms with E-state index in [0.29, 0.717) is 18.4 Å². The van der Waals surface area contributed by atoms with E-state index in [2.05, 4.69) is 29.4 Å². The number of carbonyl (C=O) groups excluding carboxylic acids is 1. The van der Waals surface area contributed by atoms with Gasteiger partial charge in [-0.05, 0) is 38.9 Å². The first-order chi connectivity index (χ1) is 9.21. The second-order valence-electron chi connectivity index (χ2n) is 5.56. The van der Waals surface area contributed by atoms with Crippen LogP contribution in [0.4, 0.5) is 0 Å². The van der Waals surface area contributed by atoms with Crippen LogP contribution in [-0.4, -0.2) is 50.1 Å². The van der Waals surface area contributed by atoms with E-state index in [1.807, 2.05) is 7.05 Å². The van der Waals surface area contributed by atoms with Crippen LogP contribution in [0.5, 0.6) is 0 Å². The van der Waals surface area contributed by atoms with Gasteiger partial charge in [0.15, 0.2) is 0 Å². The summed E-state index contributed by atoms with van der Waals surface area (Å²) in [6.07, 6.45) is 5.57. The SMILES string of the molecule is CCN(CC)CC1CCCCC1NC(=O)CCNC.Cl.Cl. The van der Waals surface area contributed by atoms with Crippen molar-refractivity contribution in [2.24, 2.45) is 5.92 Å².